The van der Waals surface area contributed by atoms with Gasteiger partial charge in [0.1, 0.15) is 5.75 Å². The predicted octanol–water partition coefficient (Wildman–Crippen LogP) is 3.35. The van der Waals surface area contributed by atoms with Gasteiger partial charge in [-0.25, -0.2) is 0 Å². The first-order valence-corrected chi connectivity index (χ1v) is 8.24. The second kappa shape index (κ2) is 7.83. The van der Waals surface area contributed by atoms with Crippen LogP contribution in [0.5, 0.6) is 5.75 Å². The van der Waals surface area contributed by atoms with Crippen LogP contribution in [-0.2, 0) is 4.79 Å². The van der Waals surface area contributed by atoms with Gasteiger partial charge < -0.3 is 15.8 Å². The molecule has 0 aliphatic heterocycles. The van der Waals surface area contributed by atoms with Crippen LogP contribution in [0.15, 0.2) is 24.3 Å². The molecule has 25 heavy (non-hydrogen) atoms. The molecule has 0 radical (unpaired) electrons. The Hall–Kier alpha value is -1.47. The topological polar surface area (TPSA) is 64.3 Å². The van der Waals surface area contributed by atoms with Crippen LogP contribution in [0.1, 0.15) is 37.2 Å². The molecule has 4 atom stereocenters. The molecule has 140 valence electrons. The lowest BCUT2D eigenvalue weighted by Gasteiger charge is -2.19. The molecule has 0 aromatic heterocycles. The molecular formula is C17H22ClF3N2O2. The lowest BCUT2D eigenvalue weighted by atomic mass is 10.0. The van der Waals surface area contributed by atoms with Gasteiger partial charge in [0.15, 0.2) is 0 Å². The number of carbonyl (C=O) groups is 1. The molecule has 8 heteroatoms. The minimum Gasteiger partial charge on any atom is -0.405 e. The number of hydrogen-bond donors (Lipinski definition) is 2. The standard InChI is InChI=1S/C17H21F3N2O2.ClH/c18-17(19,20)24-15-7-2-1-5-11(15)12-8-13(12)16(23)22-14-6-3-4-10(14)9-21;/h1-2,5,7,10,12-14H,3-4,6,8-9,21H2,(H,22,23);1H. The van der Waals surface area contributed by atoms with Crippen molar-refractivity contribution < 1.29 is 22.7 Å². The molecule has 2 saturated carbocycles. The first-order chi connectivity index (χ1) is 11.4. The minimum absolute atomic E-state index is 0. The maximum atomic E-state index is 12.5. The van der Waals surface area contributed by atoms with Crippen molar-refractivity contribution in [2.75, 3.05) is 6.54 Å². The minimum atomic E-state index is -4.74. The van der Waals surface area contributed by atoms with Gasteiger partial charge in [0, 0.05) is 12.0 Å². The Balaban J connectivity index is 0.00000225. The highest BCUT2D eigenvalue weighted by Gasteiger charge is 2.47. The summed E-state index contributed by atoms with van der Waals surface area (Å²) in [5, 5.41) is 3.03. The summed E-state index contributed by atoms with van der Waals surface area (Å²) in [6.07, 6.45) is -1.22. The van der Waals surface area contributed by atoms with E-state index in [1.165, 1.54) is 12.1 Å². The number of rotatable bonds is 5. The molecule has 4 nitrogen and oxygen atoms in total. The largest absolute Gasteiger partial charge is 0.573 e. The van der Waals surface area contributed by atoms with Crippen molar-refractivity contribution in [2.24, 2.45) is 17.6 Å². The van der Waals surface area contributed by atoms with Crippen molar-refractivity contribution in [1.82, 2.24) is 5.32 Å². The number of ether oxygens (including phenoxy) is 1. The Bertz CT molecular complexity index is 612. The number of benzene rings is 1. The van der Waals surface area contributed by atoms with E-state index in [2.05, 4.69) is 10.1 Å². The fourth-order valence-corrected chi connectivity index (χ4v) is 3.63. The van der Waals surface area contributed by atoms with Crippen LogP contribution >= 0.6 is 12.4 Å². The lowest BCUT2D eigenvalue weighted by Crippen LogP contribution is -2.40. The van der Waals surface area contributed by atoms with Gasteiger partial charge in [0.2, 0.25) is 5.91 Å². The Morgan fingerprint density at radius 3 is 2.68 bits per heavy atom. The van der Waals surface area contributed by atoms with Crippen molar-refractivity contribution in [3.63, 3.8) is 0 Å². The number of alkyl halides is 3. The number of para-hydroxylation sites is 1. The number of halogens is 4. The maximum absolute atomic E-state index is 12.5. The third-order valence-electron chi connectivity index (χ3n) is 4.96. The SMILES string of the molecule is Cl.NCC1CCCC1NC(=O)C1CC1c1ccccc1OC(F)(F)F. The molecule has 2 aliphatic carbocycles. The summed E-state index contributed by atoms with van der Waals surface area (Å²) in [6, 6.07) is 6.12. The smallest absolute Gasteiger partial charge is 0.405 e. The summed E-state index contributed by atoms with van der Waals surface area (Å²) in [6.45, 7) is 0.543. The van der Waals surface area contributed by atoms with Gasteiger partial charge >= 0.3 is 6.36 Å². The number of carbonyl (C=O) groups excluding carboxylic acids is 1. The lowest BCUT2D eigenvalue weighted by molar-refractivity contribution is -0.274. The number of nitrogens with one attached hydrogen (secondary N) is 1. The van der Waals surface area contributed by atoms with E-state index in [1.54, 1.807) is 12.1 Å². The van der Waals surface area contributed by atoms with Crippen LogP contribution in [0.2, 0.25) is 0 Å². The van der Waals surface area contributed by atoms with Gasteiger partial charge in [0.05, 0.1) is 0 Å². The molecule has 2 aliphatic rings. The molecule has 1 aromatic rings. The van der Waals surface area contributed by atoms with Crippen molar-refractivity contribution in [2.45, 2.75) is 44.0 Å². The van der Waals surface area contributed by atoms with Gasteiger partial charge in [-0.15, -0.1) is 25.6 Å². The summed E-state index contributed by atoms with van der Waals surface area (Å²) in [5.41, 5.74) is 6.16. The highest BCUT2D eigenvalue weighted by molar-refractivity contribution is 5.85. The van der Waals surface area contributed by atoms with Crippen LogP contribution in [0, 0.1) is 11.8 Å². The zero-order valence-corrected chi connectivity index (χ0v) is 14.4. The molecule has 3 N–H and O–H groups in total. The van der Waals surface area contributed by atoms with E-state index in [1.807, 2.05) is 0 Å². The van der Waals surface area contributed by atoms with Crippen LogP contribution in [0.3, 0.4) is 0 Å². The summed E-state index contributed by atoms with van der Waals surface area (Å²) in [7, 11) is 0. The molecule has 1 amide bonds. The van der Waals surface area contributed by atoms with E-state index in [-0.39, 0.29) is 41.9 Å². The molecule has 0 spiro atoms. The van der Waals surface area contributed by atoms with Crippen molar-refractivity contribution in [3.05, 3.63) is 29.8 Å². The highest BCUT2D eigenvalue weighted by Crippen LogP contribution is 2.51. The fraction of sp³-hybridized carbons (Fsp3) is 0.588. The molecule has 0 heterocycles. The first-order valence-electron chi connectivity index (χ1n) is 8.24. The summed E-state index contributed by atoms with van der Waals surface area (Å²) in [4.78, 5) is 12.4. The quantitative estimate of drug-likeness (QED) is 0.825. The van der Waals surface area contributed by atoms with E-state index in [4.69, 9.17) is 5.73 Å². The van der Waals surface area contributed by atoms with Crippen molar-refractivity contribution in [3.8, 4) is 5.75 Å². The molecule has 3 rings (SSSR count). The van der Waals surface area contributed by atoms with Gasteiger partial charge in [-0.2, -0.15) is 0 Å². The fourth-order valence-electron chi connectivity index (χ4n) is 3.63. The van der Waals surface area contributed by atoms with E-state index in [9.17, 15) is 18.0 Å². The molecule has 0 saturated heterocycles. The summed E-state index contributed by atoms with van der Waals surface area (Å²) < 4.78 is 41.6. The van der Waals surface area contributed by atoms with Crippen LogP contribution in [0.4, 0.5) is 13.2 Å². The van der Waals surface area contributed by atoms with Gasteiger partial charge in [-0.3, -0.25) is 4.79 Å². The monoisotopic (exact) mass is 378 g/mol. The molecule has 1 aromatic carbocycles. The van der Waals surface area contributed by atoms with E-state index >= 15 is 0 Å². The predicted molar refractivity (Wildman–Crippen MR) is 89.5 cm³/mol. The van der Waals surface area contributed by atoms with Crippen molar-refractivity contribution >= 4 is 18.3 Å². The normalized spacial score (nSPS) is 28.2. The Kier molecular flexibility index (Phi) is 6.21. The second-order valence-corrected chi connectivity index (χ2v) is 6.58. The third-order valence-corrected chi connectivity index (χ3v) is 4.96. The summed E-state index contributed by atoms with van der Waals surface area (Å²) in [5.74, 6) is -0.520. The van der Waals surface area contributed by atoms with Crippen molar-refractivity contribution in [1.29, 1.82) is 0 Å². The zero-order chi connectivity index (χ0) is 17.3. The molecule has 0 bridgehead atoms. The van der Waals surface area contributed by atoms with Gasteiger partial charge in [0.25, 0.3) is 0 Å². The zero-order valence-electron chi connectivity index (χ0n) is 13.6. The first kappa shape index (κ1) is 19.8. The third kappa shape index (κ3) is 4.79. The number of amides is 1. The molecule has 4 unspecified atom stereocenters. The Morgan fingerprint density at radius 2 is 2.00 bits per heavy atom. The van der Waals surface area contributed by atoms with Gasteiger partial charge in [-0.1, -0.05) is 24.6 Å². The van der Waals surface area contributed by atoms with E-state index in [0.717, 1.165) is 19.3 Å². The molecule has 2 fully saturated rings. The van der Waals surface area contributed by atoms with E-state index in [0.29, 0.717) is 24.4 Å². The van der Waals surface area contributed by atoms with Gasteiger partial charge in [-0.05, 0) is 49.3 Å². The Morgan fingerprint density at radius 1 is 1.28 bits per heavy atom. The van der Waals surface area contributed by atoms with Crippen LogP contribution in [-0.4, -0.2) is 24.9 Å². The summed E-state index contributed by atoms with van der Waals surface area (Å²) >= 11 is 0. The number of nitrogens with two attached hydrogens (primary N) is 1. The Labute approximate surface area is 150 Å². The second-order valence-electron chi connectivity index (χ2n) is 6.58. The van der Waals surface area contributed by atoms with E-state index < -0.39 is 6.36 Å². The average Bonchev–Trinajstić information content (AvgIpc) is 3.19. The molecular weight excluding hydrogens is 357 g/mol. The highest BCUT2D eigenvalue weighted by atomic mass is 35.5. The maximum Gasteiger partial charge on any atom is 0.573 e. The average molecular weight is 379 g/mol. The van der Waals surface area contributed by atoms with Crippen LogP contribution in [0.25, 0.3) is 0 Å². The van der Waals surface area contributed by atoms with Crippen LogP contribution < -0.4 is 15.8 Å². The number of hydrogen-bond acceptors (Lipinski definition) is 3.